The van der Waals surface area contributed by atoms with Gasteiger partial charge in [0.25, 0.3) is 0 Å². The largest absolute Gasteiger partial charge is 0.481 e. The van der Waals surface area contributed by atoms with Crippen LogP contribution in [0.1, 0.15) is 26.1 Å². The van der Waals surface area contributed by atoms with E-state index in [9.17, 15) is 0 Å². The molecule has 0 saturated heterocycles. The fourth-order valence-corrected chi connectivity index (χ4v) is 1.36. The molecule has 1 aromatic heterocycles. The topological polar surface area (TPSA) is 56.3 Å². The molecule has 5 nitrogen and oxygen atoms in total. The Morgan fingerprint density at radius 1 is 1.29 bits per heavy atom. The highest BCUT2D eigenvalue weighted by molar-refractivity contribution is 5.38. The second kappa shape index (κ2) is 7.84. The number of aryl methyl sites for hydroxylation is 1. The Bertz CT molecular complexity index is 309. The van der Waals surface area contributed by atoms with Crippen molar-refractivity contribution in [1.29, 1.82) is 0 Å². The zero-order chi connectivity index (χ0) is 12.5. The van der Waals surface area contributed by atoms with Crippen molar-refractivity contribution >= 4 is 5.82 Å². The molecule has 1 rings (SSSR count). The third-order valence-corrected chi connectivity index (χ3v) is 2.25. The number of aromatic nitrogens is 2. The van der Waals surface area contributed by atoms with Crippen LogP contribution in [0.2, 0.25) is 0 Å². The van der Waals surface area contributed by atoms with Crippen LogP contribution < -0.4 is 10.1 Å². The number of rotatable bonds is 8. The molecule has 1 N–H and O–H groups in total. The van der Waals surface area contributed by atoms with E-state index in [-0.39, 0.29) is 0 Å². The second-order valence-corrected chi connectivity index (χ2v) is 3.54. The average molecular weight is 239 g/mol. The van der Waals surface area contributed by atoms with Gasteiger partial charge in [-0.1, -0.05) is 6.92 Å². The van der Waals surface area contributed by atoms with Gasteiger partial charge in [-0.2, -0.15) is 4.98 Å². The van der Waals surface area contributed by atoms with Crippen LogP contribution in [0.15, 0.2) is 6.07 Å². The predicted molar refractivity (Wildman–Crippen MR) is 67.6 cm³/mol. The lowest BCUT2D eigenvalue weighted by molar-refractivity contribution is 0.147. The summed E-state index contributed by atoms with van der Waals surface area (Å²) >= 11 is 0. The highest BCUT2D eigenvalue weighted by Crippen LogP contribution is 2.13. The predicted octanol–water partition coefficient (Wildman–Crippen LogP) is 1.89. The maximum atomic E-state index is 5.26. The monoisotopic (exact) mass is 239 g/mol. The van der Waals surface area contributed by atoms with Crippen molar-refractivity contribution in [2.24, 2.45) is 0 Å². The maximum absolute atomic E-state index is 5.26. The molecule has 0 aliphatic carbocycles. The molecule has 0 spiro atoms. The molecule has 0 saturated carbocycles. The SMILES string of the molecule is CCOCCCNc1cc(OC)nc(CC)n1. The Labute approximate surface area is 103 Å². The van der Waals surface area contributed by atoms with E-state index in [2.05, 4.69) is 15.3 Å². The minimum Gasteiger partial charge on any atom is -0.481 e. The van der Waals surface area contributed by atoms with Crippen molar-refractivity contribution in [1.82, 2.24) is 9.97 Å². The van der Waals surface area contributed by atoms with Crippen LogP contribution in [0, 0.1) is 0 Å². The number of nitrogens with zero attached hydrogens (tertiary/aromatic N) is 2. The maximum Gasteiger partial charge on any atom is 0.218 e. The summed E-state index contributed by atoms with van der Waals surface area (Å²) in [7, 11) is 1.61. The first-order valence-electron chi connectivity index (χ1n) is 6.03. The second-order valence-electron chi connectivity index (χ2n) is 3.54. The van der Waals surface area contributed by atoms with E-state index in [1.54, 1.807) is 13.2 Å². The zero-order valence-electron chi connectivity index (χ0n) is 10.8. The first-order chi connectivity index (χ1) is 8.30. The quantitative estimate of drug-likeness (QED) is 0.702. The number of anilines is 1. The summed E-state index contributed by atoms with van der Waals surface area (Å²) in [5.41, 5.74) is 0. The Morgan fingerprint density at radius 3 is 2.76 bits per heavy atom. The van der Waals surface area contributed by atoms with Gasteiger partial charge in [0.1, 0.15) is 11.6 Å². The Kier molecular flexibility index (Phi) is 6.32. The number of hydrogen-bond acceptors (Lipinski definition) is 5. The summed E-state index contributed by atoms with van der Waals surface area (Å²) in [6, 6.07) is 1.81. The van der Waals surface area contributed by atoms with Crippen LogP contribution in [-0.4, -0.2) is 36.8 Å². The lowest BCUT2D eigenvalue weighted by atomic mass is 10.4. The summed E-state index contributed by atoms with van der Waals surface area (Å²) < 4.78 is 10.4. The molecule has 0 aromatic carbocycles. The molecule has 17 heavy (non-hydrogen) atoms. The number of nitrogens with one attached hydrogen (secondary N) is 1. The minimum atomic E-state index is 0.601. The molecule has 1 heterocycles. The fraction of sp³-hybridized carbons (Fsp3) is 0.667. The van der Waals surface area contributed by atoms with Crippen LogP contribution in [0.5, 0.6) is 5.88 Å². The molecule has 1 aromatic rings. The molecule has 0 aliphatic rings. The minimum absolute atomic E-state index is 0.601. The van der Waals surface area contributed by atoms with E-state index in [0.717, 1.165) is 44.2 Å². The smallest absolute Gasteiger partial charge is 0.218 e. The van der Waals surface area contributed by atoms with Gasteiger partial charge in [-0.3, -0.25) is 0 Å². The van der Waals surface area contributed by atoms with E-state index >= 15 is 0 Å². The van der Waals surface area contributed by atoms with Crippen LogP contribution in [0.25, 0.3) is 0 Å². The highest BCUT2D eigenvalue weighted by atomic mass is 16.5. The van der Waals surface area contributed by atoms with Crippen LogP contribution >= 0.6 is 0 Å². The van der Waals surface area contributed by atoms with Crippen molar-refractivity contribution in [2.75, 3.05) is 32.2 Å². The lowest BCUT2D eigenvalue weighted by Gasteiger charge is -2.08. The first-order valence-corrected chi connectivity index (χ1v) is 6.03. The molecular formula is C12H21N3O2. The summed E-state index contributed by atoms with van der Waals surface area (Å²) in [5, 5.41) is 3.24. The fourth-order valence-electron chi connectivity index (χ4n) is 1.36. The summed E-state index contributed by atoms with van der Waals surface area (Å²) in [5.74, 6) is 2.20. The van der Waals surface area contributed by atoms with E-state index in [0.29, 0.717) is 5.88 Å². The van der Waals surface area contributed by atoms with Gasteiger partial charge >= 0.3 is 0 Å². The van der Waals surface area contributed by atoms with Gasteiger partial charge in [0.2, 0.25) is 5.88 Å². The van der Waals surface area contributed by atoms with Crippen LogP contribution in [0.3, 0.4) is 0 Å². The molecule has 0 aliphatic heterocycles. The molecule has 0 bridgehead atoms. The molecule has 0 radical (unpaired) electrons. The van der Waals surface area contributed by atoms with Crippen molar-refractivity contribution in [3.63, 3.8) is 0 Å². The molecule has 96 valence electrons. The van der Waals surface area contributed by atoms with Crippen LogP contribution in [-0.2, 0) is 11.2 Å². The third kappa shape index (κ3) is 4.99. The van der Waals surface area contributed by atoms with E-state index in [1.807, 2.05) is 13.8 Å². The first kappa shape index (κ1) is 13.7. The lowest BCUT2D eigenvalue weighted by Crippen LogP contribution is -2.08. The Morgan fingerprint density at radius 2 is 2.12 bits per heavy atom. The molecule has 0 unspecified atom stereocenters. The van der Waals surface area contributed by atoms with Crippen LogP contribution in [0.4, 0.5) is 5.82 Å². The van der Waals surface area contributed by atoms with Crippen molar-refractivity contribution in [3.05, 3.63) is 11.9 Å². The normalized spacial score (nSPS) is 10.3. The van der Waals surface area contributed by atoms with Gasteiger partial charge in [0.15, 0.2) is 0 Å². The number of ether oxygens (including phenoxy) is 2. The molecule has 0 amide bonds. The van der Waals surface area contributed by atoms with Crippen molar-refractivity contribution < 1.29 is 9.47 Å². The Hall–Kier alpha value is -1.36. The highest BCUT2D eigenvalue weighted by Gasteiger charge is 2.02. The van der Waals surface area contributed by atoms with E-state index in [4.69, 9.17) is 9.47 Å². The van der Waals surface area contributed by atoms with Gasteiger partial charge < -0.3 is 14.8 Å². The Balaban J connectivity index is 2.46. The van der Waals surface area contributed by atoms with E-state index in [1.165, 1.54) is 0 Å². The van der Waals surface area contributed by atoms with Gasteiger partial charge in [-0.05, 0) is 13.3 Å². The summed E-state index contributed by atoms with van der Waals surface area (Å²) in [4.78, 5) is 8.60. The molecule has 0 atom stereocenters. The third-order valence-electron chi connectivity index (χ3n) is 2.25. The zero-order valence-corrected chi connectivity index (χ0v) is 10.8. The number of methoxy groups -OCH3 is 1. The summed E-state index contributed by atoms with van der Waals surface area (Å²) in [6.07, 6.45) is 1.76. The summed E-state index contributed by atoms with van der Waals surface area (Å²) in [6.45, 7) is 6.39. The standard InChI is InChI=1S/C12H21N3O2/c1-4-10-14-11(9-12(15-10)16-3)13-7-6-8-17-5-2/h9H,4-8H2,1-3H3,(H,13,14,15). The van der Waals surface area contributed by atoms with E-state index < -0.39 is 0 Å². The molecular weight excluding hydrogens is 218 g/mol. The number of hydrogen-bond donors (Lipinski definition) is 1. The van der Waals surface area contributed by atoms with Gasteiger partial charge in [-0.25, -0.2) is 4.98 Å². The van der Waals surface area contributed by atoms with Gasteiger partial charge in [0, 0.05) is 32.2 Å². The molecule has 5 heteroatoms. The van der Waals surface area contributed by atoms with Crippen molar-refractivity contribution in [2.45, 2.75) is 26.7 Å². The van der Waals surface area contributed by atoms with Crippen molar-refractivity contribution in [3.8, 4) is 5.88 Å². The van der Waals surface area contributed by atoms with Gasteiger partial charge in [-0.15, -0.1) is 0 Å². The van der Waals surface area contributed by atoms with Gasteiger partial charge in [0.05, 0.1) is 7.11 Å². The average Bonchev–Trinajstić information content (AvgIpc) is 2.38. The molecule has 0 fully saturated rings.